The van der Waals surface area contributed by atoms with Gasteiger partial charge in [-0.15, -0.1) is 0 Å². The fraction of sp³-hybridized carbons (Fsp3) is 0.643. The Labute approximate surface area is 979 Å². The van der Waals surface area contributed by atoms with Crippen LogP contribution in [0.2, 0.25) is 0 Å². The minimum Gasteiger partial charge on any atom is -0.423 e. The molecule has 6 aromatic carbocycles. The summed E-state index contributed by atoms with van der Waals surface area (Å²) in [6.45, 7) is 22.5. The average molecular weight is 2340 g/mol. The molecule has 12 unspecified atom stereocenters. The second kappa shape index (κ2) is 44.1. The van der Waals surface area contributed by atoms with E-state index in [4.69, 9.17) is 68.1 Å². The Kier molecular flexibility index (Phi) is 36.0. The first-order chi connectivity index (χ1) is 67.1. The van der Waals surface area contributed by atoms with Crippen LogP contribution in [-0.2, 0) is 233 Å². The Morgan fingerprint density at radius 3 is 0.709 bits per heavy atom. The molecule has 28 fully saturated rings. The first kappa shape index (κ1) is 121. The molecule has 20 bridgehead atoms. The van der Waals surface area contributed by atoms with Gasteiger partial charge in [-0.1, -0.05) is 187 Å². The Balaban J connectivity index is 0.000000131. The molecule has 8 heterocycles. The molecule has 12 N–H and O–H groups in total. The van der Waals surface area contributed by atoms with E-state index in [2.05, 4.69) is 41.5 Å². The largest absolute Gasteiger partial charge is 0.488 e. The average Bonchev–Trinajstić information content (AvgIpc) is 1.45. The molecule has 8 saturated heterocycles. The summed E-state index contributed by atoms with van der Waals surface area (Å²) in [6.07, 6.45) is 33.5. The van der Waals surface area contributed by atoms with Gasteiger partial charge in [0, 0.05) is 153 Å². The van der Waals surface area contributed by atoms with E-state index in [1.807, 2.05) is 113 Å². The second-order valence-corrected chi connectivity index (χ2v) is 48.3. The molecule has 26 nitrogen and oxygen atoms in total. The molecule has 0 aromatic heterocycles. The smallest absolute Gasteiger partial charge is 0.423 e. The maximum atomic E-state index is 9.49. The van der Waals surface area contributed by atoms with Crippen LogP contribution in [0.15, 0.2) is 146 Å². The van der Waals surface area contributed by atoms with E-state index in [-0.39, 0.29) is 205 Å². The van der Waals surface area contributed by atoms with Gasteiger partial charge >= 0.3 is 42.7 Å². The van der Waals surface area contributed by atoms with Crippen LogP contribution in [0.25, 0.3) is 0 Å². The summed E-state index contributed by atoms with van der Waals surface area (Å²) in [5.74, 6) is 11.1. The van der Waals surface area contributed by atoms with Gasteiger partial charge in [-0.3, -0.25) is 0 Å². The Hall–Kier alpha value is -0.915. The summed E-state index contributed by atoms with van der Waals surface area (Å²) < 4.78 is 12.4. The fourth-order valence-corrected chi connectivity index (χ4v) is 36.4. The van der Waals surface area contributed by atoms with E-state index in [1.165, 1.54) is 141 Å². The number of rotatable bonds is 12. The van der Waals surface area contributed by atoms with Gasteiger partial charge in [0.1, 0.15) is 22.4 Å². The van der Waals surface area contributed by atoms with Crippen molar-refractivity contribution in [3.05, 3.63) is 209 Å². The molecule has 12 atom stereocenters. The van der Waals surface area contributed by atoms with Crippen molar-refractivity contribution in [3.63, 3.8) is 0 Å². The summed E-state index contributed by atoms with van der Waals surface area (Å²) in [6, 6.07) is 44.3. The summed E-state index contributed by atoms with van der Waals surface area (Å²) in [5, 5.41) is 114. The standard InChI is InChI=1S/4C18H23BO4.C17H21BO5.C15H17BO5.2C2H6.4CH3.4Y/c4*1-17(13-3-2-4-16(10-13)19(20)21)18(23-22-17)14-6-11-5-12(8-14)9-15(18)7-11;1-14(2)12-6-7-15(14)10-21-17(16(15,9-12)22-23-17)11-4-3-5-13(8-11)18(19)20;17-16(18)12-3-1-2-11(6-12)15-14(20-21-15)8-10-4-5-13(14,7-10)9-19-15;2*1-2;;;;;;;;/h4*2-4,10-12,14-15,20-21H,5-9H2,1H3;3-5,8,12,19-20H,6-7,9-10H2,1-2H3;1-3,6,10,17-18H,4-5,7-9H2;2*1-2H3;4*1H3;;;;/q;;;;;;;;4*-1;;;;. The zero-order valence-electron chi connectivity index (χ0n) is 89.1. The molecule has 28 aliphatic rings. The van der Waals surface area contributed by atoms with E-state index in [9.17, 15) is 60.3 Å². The Bertz CT molecular complexity index is 5100. The fourth-order valence-electron chi connectivity index (χ4n) is 36.4. The zero-order valence-corrected chi connectivity index (χ0v) is 100. The first-order valence-electron chi connectivity index (χ1n) is 53.4. The molecular weight excluding hydrogens is 2180 g/mol. The molecular formula is C112H154B6O26Y4-4. The minimum atomic E-state index is -1.50. The van der Waals surface area contributed by atoms with Crippen LogP contribution in [0.4, 0.5) is 0 Å². The molecule has 4 radical (unpaired) electrons. The van der Waals surface area contributed by atoms with E-state index < -0.39 is 82.3 Å². The summed E-state index contributed by atoms with van der Waals surface area (Å²) in [7, 11) is -8.80. The van der Waals surface area contributed by atoms with Crippen LogP contribution in [-0.4, -0.2) is 150 Å². The molecule has 8 aliphatic heterocycles. The monoisotopic (exact) mass is 2340 g/mol. The van der Waals surface area contributed by atoms with Crippen molar-refractivity contribution in [2.45, 2.75) is 310 Å². The molecule has 36 heteroatoms. The number of hydrogen-bond donors (Lipinski definition) is 12. The van der Waals surface area contributed by atoms with Crippen LogP contribution in [0.3, 0.4) is 0 Å². The normalized spacial score (nSPS) is 42.9. The Morgan fingerprint density at radius 2 is 0.486 bits per heavy atom. The Morgan fingerprint density at radius 1 is 0.243 bits per heavy atom. The van der Waals surface area contributed by atoms with E-state index >= 15 is 0 Å². The number of hydrogen-bond acceptors (Lipinski definition) is 26. The molecule has 20 saturated carbocycles. The van der Waals surface area contributed by atoms with E-state index in [1.54, 1.807) is 60.7 Å². The number of ether oxygens (including phenoxy) is 2. The van der Waals surface area contributed by atoms with Crippen molar-refractivity contribution in [2.75, 3.05) is 13.2 Å². The van der Waals surface area contributed by atoms with Gasteiger partial charge in [-0.2, -0.15) is 9.78 Å². The van der Waals surface area contributed by atoms with E-state index in [0.717, 1.165) is 113 Å². The SMILES string of the molecule is CC.CC.CC1(C)C2CCC13COC1(c4cccc(B(O)O)c4)OOC13C2.CC1(c2cccc(B(O)O)c2)OOC12C1CC3CC(C1)CC2C3.CC1(c2cccc(B(O)O)c2)OOC12C1CC3CC(C1)CC2C3.CC1(c2cccc(B(O)O)c2)OOC12C1CC3CC(C1)CC2C3.CC1(c2cccc(B(O)O)c2)OOC12C1CC3CC(C1)CC2C3.OB(O)c1cccc(C23OCC45CCC(C4)CC52OO3)c1.[CH3-].[CH3-].[CH3-].[CH3-].[Y].[Y].[Y].[Y]. The molecule has 0 amide bonds. The third-order valence-corrected chi connectivity index (χ3v) is 42.2. The van der Waals surface area contributed by atoms with Gasteiger partial charge < -0.3 is 99.5 Å². The van der Waals surface area contributed by atoms with Gasteiger partial charge in [0.25, 0.3) is 11.6 Å². The van der Waals surface area contributed by atoms with E-state index in [0.29, 0.717) is 105 Å². The van der Waals surface area contributed by atoms with Gasteiger partial charge in [-0.25, -0.2) is 48.9 Å². The molecule has 8 spiro atoms. The molecule has 148 heavy (non-hydrogen) atoms. The van der Waals surface area contributed by atoms with Crippen molar-refractivity contribution in [1.82, 2.24) is 0 Å². The summed E-state index contributed by atoms with van der Waals surface area (Å²) in [5.41, 5.74) is 5.11. The van der Waals surface area contributed by atoms with Crippen molar-refractivity contribution in [1.29, 1.82) is 0 Å². The maximum Gasteiger partial charge on any atom is 0.488 e. The quantitative estimate of drug-likeness (QED) is 0.0308. The van der Waals surface area contributed by atoms with Gasteiger partial charge in [0.05, 0.1) is 13.2 Å². The summed E-state index contributed by atoms with van der Waals surface area (Å²) >= 11 is 0. The molecule has 792 valence electrons. The van der Waals surface area contributed by atoms with Crippen LogP contribution < -0.4 is 32.8 Å². The predicted molar refractivity (Wildman–Crippen MR) is 546 cm³/mol. The summed E-state index contributed by atoms with van der Waals surface area (Å²) in [4.78, 5) is 69.5. The maximum absolute atomic E-state index is 9.49. The van der Waals surface area contributed by atoms with Gasteiger partial charge in [-0.05, 0) is 368 Å². The first-order valence-corrected chi connectivity index (χ1v) is 53.4. The molecule has 20 aliphatic carbocycles. The number of fused-ring (bicyclic) bond motifs is 2. The topological polar surface area (TPSA) is 372 Å². The van der Waals surface area contributed by atoms with Crippen LogP contribution in [0.5, 0.6) is 0 Å². The minimum absolute atomic E-state index is 0. The second-order valence-electron chi connectivity index (χ2n) is 48.3. The molecule has 34 rings (SSSR count). The van der Waals surface area contributed by atoms with Crippen LogP contribution >= 0.6 is 0 Å². The van der Waals surface area contributed by atoms with Gasteiger partial charge in [0.2, 0.25) is 0 Å². The van der Waals surface area contributed by atoms with Crippen molar-refractivity contribution in [2.24, 2.45) is 123 Å². The van der Waals surface area contributed by atoms with Gasteiger partial charge in [0.15, 0.2) is 33.6 Å². The third kappa shape index (κ3) is 17.3. The number of benzene rings is 6. The van der Waals surface area contributed by atoms with Crippen molar-refractivity contribution < 1.29 is 259 Å². The van der Waals surface area contributed by atoms with Crippen LogP contribution in [0, 0.1) is 152 Å². The van der Waals surface area contributed by atoms with Crippen LogP contribution in [0.1, 0.15) is 276 Å². The predicted octanol–water partition coefficient (Wildman–Crippen LogP) is 12.3. The van der Waals surface area contributed by atoms with Crippen molar-refractivity contribution in [3.8, 4) is 0 Å². The van der Waals surface area contributed by atoms with Crippen molar-refractivity contribution >= 4 is 75.5 Å². The zero-order chi connectivity index (χ0) is 97.7. The third-order valence-electron chi connectivity index (χ3n) is 42.2. The molecule has 6 aromatic rings.